The van der Waals surface area contributed by atoms with Crippen molar-refractivity contribution >= 4 is 21.7 Å². The van der Waals surface area contributed by atoms with Crippen molar-refractivity contribution in [3.63, 3.8) is 0 Å². The van der Waals surface area contributed by atoms with Gasteiger partial charge in [0.25, 0.3) is 10.0 Å². The van der Waals surface area contributed by atoms with E-state index in [1.54, 1.807) is 30.3 Å². The van der Waals surface area contributed by atoms with E-state index in [-0.39, 0.29) is 41.6 Å². The lowest BCUT2D eigenvalue weighted by Crippen LogP contribution is -2.47. The minimum Gasteiger partial charge on any atom is -0.485 e. The van der Waals surface area contributed by atoms with Crippen LogP contribution in [0.4, 0.5) is 5.69 Å². The first kappa shape index (κ1) is 24.6. The van der Waals surface area contributed by atoms with Crippen LogP contribution in [-0.4, -0.2) is 58.7 Å². The van der Waals surface area contributed by atoms with E-state index in [4.69, 9.17) is 9.47 Å². The van der Waals surface area contributed by atoms with Crippen LogP contribution in [0.15, 0.2) is 47.4 Å². The highest BCUT2D eigenvalue weighted by atomic mass is 32.2. The fraction of sp³-hybridized carbons (Fsp3) is 0.481. The van der Waals surface area contributed by atoms with E-state index in [1.807, 2.05) is 25.1 Å². The molecule has 8 nitrogen and oxygen atoms in total. The number of hydrogen-bond acceptors (Lipinski definition) is 7. The van der Waals surface area contributed by atoms with E-state index in [1.165, 1.54) is 22.9 Å². The molecule has 3 aliphatic rings. The summed E-state index contributed by atoms with van der Waals surface area (Å²) in [6.45, 7) is 0.644. The molecule has 0 spiro atoms. The maximum Gasteiger partial charge on any atom is 0.310 e. The zero-order valence-corrected chi connectivity index (χ0v) is 21.4. The molecule has 190 valence electrons. The number of hydrogen-bond donors (Lipinski definition) is 0. The number of sulfonamides is 1. The first-order valence-corrected chi connectivity index (χ1v) is 13.8. The molecule has 0 amide bonds. The number of carbonyl (C=O) groups is 1. The van der Waals surface area contributed by atoms with Crippen molar-refractivity contribution in [3.05, 3.63) is 53.6 Å². The normalized spacial score (nSPS) is 24.8. The van der Waals surface area contributed by atoms with E-state index in [2.05, 4.69) is 0 Å². The van der Waals surface area contributed by atoms with Crippen molar-refractivity contribution < 1.29 is 22.7 Å². The average molecular weight is 510 g/mol. The number of benzene rings is 2. The van der Waals surface area contributed by atoms with Gasteiger partial charge in [0.1, 0.15) is 18.0 Å². The minimum absolute atomic E-state index is 0.00768. The summed E-state index contributed by atoms with van der Waals surface area (Å²) in [5.41, 5.74) is 1.33. The predicted octanol–water partition coefficient (Wildman–Crippen LogP) is 3.35. The molecule has 2 saturated carbocycles. The molecule has 1 aliphatic heterocycles. The molecule has 1 unspecified atom stereocenters. The van der Waals surface area contributed by atoms with Crippen LogP contribution in [0.1, 0.15) is 36.8 Å². The number of carbonyl (C=O) groups excluding carboxylic acids is 1. The number of ether oxygens (including phenoxy) is 2. The number of esters is 1. The van der Waals surface area contributed by atoms with Crippen LogP contribution < -0.4 is 9.04 Å². The van der Waals surface area contributed by atoms with E-state index in [9.17, 15) is 18.5 Å². The second-order valence-electron chi connectivity index (χ2n) is 10.4. The summed E-state index contributed by atoms with van der Waals surface area (Å²) < 4.78 is 40.8. The van der Waals surface area contributed by atoms with Gasteiger partial charge in [-0.2, -0.15) is 5.26 Å². The van der Waals surface area contributed by atoms with Crippen molar-refractivity contribution in [3.8, 4) is 11.8 Å². The molecule has 2 aliphatic carbocycles. The molecular weight excluding hydrogens is 478 g/mol. The minimum atomic E-state index is -3.98. The van der Waals surface area contributed by atoms with Crippen LogP contribution in [0.3, 0.4) is 0 Å². The van der Waals surface area contributed by atoms with Gasteiger partial charge in [0, 0.05) is 6.54 Å². The molecule has 2 aromatic carbocycles. The summed E-state index contributed by atoms with van der Waals surface area (Å²) in [5, 5.41) is 9.27. The number of rotatable bonds is 7. The lowest BCUT2D eigenvalue weighted by molar-refractivity contribution is -0.150. The monoisotopic (exact) mass is 509 g/mol. The molecule has 0 N–H and O–H groups in total. The van der Waals surface area contributed by atoms with Crippen LogP contribution >= 0.6 is 0 Å². The molecule has 2 fully saturated rings. The Labute approximate surface area is 212 Å². The molecule has 0 saturated heterocycles. The summed E-state index contributed by atoms with van der Waals surface area (Å²) in [7, 11) is -0.175. The quantitative estimate of drug-likeness (QED) is 0.528. The van der Waals surface area contributed by atoms with Gasteiger partial charge in [0.05, 0.1) is 35.2 Å². The third-order valence-electron chi connectivity index (χ3n) is 7.38. The van der Waals surface area contributed by atoms with Crippen molar-refractivity contribution in [1.82, 2.24) is 4.90 Å². The highest BCUT2D eigenvalue weighted by Crippen LogP contribution is 2.46. The first-order valence-electron chi connectivity index (χ1n) is 12.4. The number of nitriles is 1. The molecule has 2 aromatic rings. The Hall–Kier alpha value is -3.09. The third kappa shape index (κ3) is 4.93. The van der Waals surface area contributed by atoms with Gasteiger partial charge < -0.3 is 14.4 Å². The summed E-state index contributed by atoms with van der Waals surface area (Å²) in [6.07, 6.45) is 4.17. The zero-order chi connectivity index (χ0) is 25.4. The van der Waals surface area contributed by atoms with Crippen molar-refractivity contribution in [1.29, 1.82) is 5.26 Å². The van der Waals surface area contributed by atoms with Crippen molar-refractivity contribution in [2.24, 2.45) is 11.8 Å². The summed E-state index contributed by atoms with van der Waals surface area (Å²) >= 11 is 0. The molecular formula is C27H31N3O5S. The Morgan fingerprint density at radius 2 is 2.03 bits per heavy atom. The fourth-order valence-corrected chi connectivity index (χ4v) is 7.30. The van der Waals surface area contributed by atoms with Gasteiger partial charge >= 0.3 is 5.97 Å². The maximum absolute atomic E-state index is 13.7. The highest BCUT2D eigenvalue weighted by molar-refractivity contribution is 7.92. The Balaban J connectivity index is 1.42. The number of likely N-dealkylation sites (N-methyl/N-ethyl adjacent to an activating group) is 1. The lowest BCUT2D eigenvalue weighted by atomic mass is 9.98. The van der Waals surface area contributed by atoms with Gasteiger partial charge in [-0.1, -0.05) is 12.1 Å². The average Bonchev–Trinajstić information content (AvgIpc) is 3.46. The lowest BCUT2D eigenvalue weighted by Gasteiger charge is -2.36. The molecule has 2 bridgehead atoms. The van der Waals surface area contributed by atoms with Crippen LogP contribution in [0.25, 0.3) is 0 Å². The third-order valence-corrected chi connectivity index (χ3v) is 9.16. The van der Waals surface area contributed by atoms with E-state index in [0.29, 0.717) is 35.4 Å². The van der Waals surface area contributed by atoms with E-state index < -0.39 is 10.0 Å². The summed E-state index contributed by atoms with van der Waals surface area (Å²) in [6, 6.07) is 13.2. The van der Waals surface area contributed by atoms with Crippen LogP contribution in [-0.2, 0) is 26.0 Å². The highest BCUT2D eigenvalue weighted by Gasteiger charge is 2.41. The summed E-state index contributed by atoms with van der Waals surface area (Å²) in [4.78, 5) is 14.7. The first-order chi connectivity index (χ1) is 17.2. The van der Waals surface area contributed by atoms with Gasteiger partial charge in [-0.3, -0.25) is 9.10 Å². The Kier molecular flexibility index (Phi) is 6.66. The second kappa shape index (κ2) is 9.75. The van der Waals surface area contributed by atoms with Gasteiger partial charge in [-0.05, 0) is 87.5 Å². The molecule has 9 heteroatoms. The van der Waals surface area contributed by atoms with E-state index >= 15 is 0 Å². The summed E-state index contributed by atoms with van der Waals surface area (Å²) in [5.74, 6) is 1.32. The molecule has 0 radical (unpaired) electrons. The van der Waals surface area contributed by atoms with Crippen molar-refractivity contribution in [2.45, 2.75) is 49.2 Å². The van der Waals surface area contributed by atoms with Crippen molar-refractivity contribution in [2.75, 3.05) is 31.5 Å². The van der Waals surface area contributed by atoms with Gasteiger partial charge in [-0.25, -0.2) is 8.42 Å². The molecule has 4 atom stereocenters. The van der Waals surface area contributed by atoms with Gasteiger partial charge in [0.15, 0.2) is 0 Å². The maximum atomic E-state index is 13.7. The SMILES string of the molecule is CN(C)C[C@H]1CN(S(=O)(=O)c2cccc(C#N)c2)c2cc(CC(=O)OC3C[C@@H]4CC[C@H]3C4)ccc2O1. The molecule has 1 heterocycles. The Morgan fingerprint density at radius 3 is 2.72 bits per heavy atom. The van der Waals surface area contributed by atoms with Crippen LogP contribution in [0, 0.1) is 23.2 Å². The molecule has 0 aromatic heterocycles. The largest absolute Gasteiger partial charge is 0.485 e. The standard InChI is InChI=1S/C27H31N3O5S/c1-29(2)16-22-17-30(36(32,33)23-5-3-4-20(11-23)15-28)24-12-19(7-9-25(24)34-22)14-27(31)35-26-13-18-6-8-21(26)10-18/h3-5,7,9,11-12,18,21-22,26H,6,8,10,13-14,16-17H2,1-2H3/t18-,21+,22+,26?/m1/s1. The van der Waals surface area contributed by atoms with Gasteiger partial charge in [0.2, 0.25) is 0 Å². The topological polar surface area (TPSA) is 99.9 Å². The fourth-order valence-electron chi connectivity index (χ4n) is 5.76. The Bertz CT molecular complexity index is 1300. The van der Waals surface area contributed by atoms with Gasteiger partial charge in [-0.15, -0.1) is 0 Å². The second-order valence-corrected chi connectivity index (χ2v) is 12.2. The predicted molar refractivity (Wildman–Crippen MR) is 134 cm³/mol. The number of anilines is 1. The van der Waals surface area contributed by atoms with Crippen LogP contribution in [0.2, 0.25) is 0 Å². The Morgan fingerprint density at radius 1 is 1.19 bits per heavy atom. The number of fused-ring (bicyclic) bond motifs is 3. The smallest absolute Gasteiger partial charge is 0.310 e. The molecule has 36 heavy (non-hydrogen) atoms. The van der Waals surface area contributed by atoms with Crippen LogP contribution in [0.5, 0.6) is 5.75 Å². The van der Waals surface area contributed by atoms with E-state index in [0.717, 1.165) is 19.3 Å². The molecule has 5 rings (SSSR count). The number of nitrogens with zero attached hydrogens (tertiary/aromatic N) is 3. The zero-order valence-electron chi connectivity index (χ0n) is 20.6.